The van der Waals surface area contributed by atoms with Crippen molar-refractivity contribution in [3.05, 3.63) is 59.5 Å². The predicted molar refractivity (Wildman–Crippen MR) is 92.1 cm³/mol. The van der Waals surface area contributed by atoms with Crippen LogP contribution < -0.4 is 10.1 Å². The van der Waals surface area contributed by atoms with E-state index in [1.54, 1.807) is 7.11 Å². The molecule has 0 saturated carbocycles. The van der Waals surface area contributed by atoms with Crippen LogP contribution in [-0.2, 0) is 0 Å². The zero-order valence-corrected chi connectivity index (χ0v) is 13.3. The summed E-state index contributed by atoms with van der Waals surface area (Å²) in [6, 6.07) is 7.83. The van der Waals surface area contributed by atoms with Crippen LogP contribution in [0, 0.1) is 0 Å². The highest BCUT2D eigenvalue weighted by atomic mass is 16.5. The molecule has 0 aliphatic heterocycles. The summed E-state index contributed by atoms with van der Waals surface area (Å²) in [4.78, 5) is 4.06. The van der Waals surface area contributed by atoms with Crippen molar-refractivity contribution >= 4 is 12.4 Å². The molecule has 0 aromatic heterocycles. The number of aliphatic imine (C=N–C) groups is 1. The maximum Gasteiger partial charge on any atom is 0.119 e. The number of benzene rings is 1. The number of nitrogens with one attached hydrogen (secondary N) is 1. The molecule has 0 atom stereocenters. The largest absolute Gasteiger partial charge is 0.497 e. The molecule has 0 heterocycles. The van der Waals surface area contributed by atoms with Crippen molar-refractivity contribution in [1.29, 1.82) is 0 Å². The van der Waals surface area contributed by atoms with Crippen LogP contribution in [0.3, 0.4) is 0 Å². The molecule has 0 spiro atoms. The van der Waals surface area contributed by atoms with Crippen LogP contribution in [0.5, 0.6) is 5.75 Å². The number of methoxy groups -OCH3 is 1. The van der Waals surface area contributed by atoms with E-state index in [2.05, 4.69) is 36.1 Å². The predicted octanol–water partition coefficient (Wildman–Crippen LogP) is 4.95. The van der Waals surface area contributed by atoms with Gasteiger partial charge in [-0.2, -0.15) is 0 Å². The Morgan fingerprint density at radius 1 is 1.29 bits per heavy atom. The Hall–Kier alpha value is -2.29. The average Bonchev–Trinajstić information content (AvgIpc) is 2.48. The summed E-state index contributed by atoms with van der Waals surface area (Å²) >= 11 is 0. The highest BCUT2D eigenvalue weighted by molar-refractivity contribution is 5.51. The Morgan fingerprint density at radius 3 is 2.48 bits per heavy atom. The first-order valence-corrected chi connectivity index (χ1v) is 7.04. The Balaban J connectivity index is 2.84. The molecule has 112 valence electrons. The number of ether oxygens (including phenoxy) is 1. The van der Waals surface area contributed by atoms with Gasteiger partial charge in [0.1, 0.15) is 5.75 Å². The zero-order chi connectivity index (χ0) is 15.7. The molecular formula is C18H24N2O. The number of hydrogen-bond acceptors (Lipinski definition) is 3. The third-order valence-corrected chi connectivity index (χ3v) is 2.95. The van der Waals surface area contributed by atoms with Gasteiger partial charge in [0.25, 0.3) is 0 Å². The van der Waals surface area contributed by atoms with Gasteiger partial charge in [-0.25, -0.2) is 0 Å². The van der Waals surface area contributed by atoms with Gasteiger partial charge in [-0.05, 0) is 69.0 Å². The first-order chi connectivity index (χ1) is 10.1. The smallest absolute Gasteiger partial charge is 0.119 e. The second-order valence-electron chi connectivity index (χ2n) is 4.72. The highest BCUT2D eigenvalue weighted by Gasteiger charge is 1.97. The van der Waals surface area contributed by atoms with E-state index >= 15 is 0 Å². The summed E-state index contributed by atoms with van der Waals surface area (Å²) in [6.07, 6.45) is 7.13. The third kappa shape index (κ3) is 5.69. The SMILES string of the molecule is C=NC(/C=C\CC)=C(C)\C=C(/C)Nc1ccc(OC)cc1. The Bertz CT molecular complexity index is 551. The molecule has 0 amide bonds. The molecule has 0 aliphatic carbocycles. The fraction of sp³-hybridized carbons (Fsp3) is 0.278. The lowest BCUT2D eigenvalue weighted by molar-refractivity contribution is 0.415. The standard InChI is InChI=1S/C18H24N2O/c1-6-7-8-18(19-4)14(2)13-15(3)20-16-9-11-17(21-5)12-10-16/h7-13,20H,4,6H2,1-3,5H3/b8-7-,15-13+,18-14-. The van der Waals surface area contributed by atoms with Gasteiger partial charge < -0.3 is 10.1 Å². The molecule has 0 aliphatic rings. The van der Waals surface area contributed by atoms with E-state index in [4.69, 9.17) is 4.74 Å². The van der Waals surface area contributed by atoms with E-state index in [9.17, 15) is 0 Å². The van der Waals surface area contributed by atoms with Crippen molar-refractivity contribution in [1.82, 2.24) is 0 Å². The highest BCUT2D eigenvalue weighted by Crippen LogP contribution is 2.18. The minimum atomic E-state index is 0.848. The van der Waals surface area contributed by atoms with E-state index in [1.165, 1.54) is 0 Å². The van der Waals surface area contributed by atoms with Crippen molar-refractivity contribution in [3.8, 4) is 5.75 Å². The second kappa shape index (κ2) is 8.80. The van der Waals surface area contributed by atoms with Crippen LogP contribution in [0.15, 0.2) is 64.5 Å². The van der Waals surface area contributed by atoms with Gasteiger partial charge in [0.05, 0.1) is 12.8 Å². The summed E-state index contributed by atoms with van der Waals surface area (Å²) in [5.74, 6) is 0.848. The number of hydrogen-bond donors (Lipinski definition) is 1. The van der Waals surface area contributed by atoms with E-state index in [0.717, 1.165) is 34.8 Å². The molecular weight excluding hydrogens is 260 g/mol. The first-order valence-electron chi connectivity index (χ1n) is 7.04. The number of allylic oxidation sites excluding steroid dienone is 5. The average molecular weight is 284 g/mol. The molecule has 0 saturated heterocycles. The van der Waals surface area contributed by atoms with E-state index in [1.807, 2.05) is 44.2 Å². The molecule has 1 N–H and O–H groups in total. The van der Waals surface area contributed by atoms with E-state index in [0.29, 0.717) is 0 Å². The lowest BCUT2D eigenvalue weighted by Gasteiger charge is -2.08. The molecule has 3 nitrogen and oxygen atoms in total. The maximum absolute atomic E-state index is 5.15. The van der Waals surface area contributed by atoms with Crippen LogP contribution in [0.2, 0.25) is 0 Å². The Morgan fingerprint density at radius 2 is 1.95 bits per heavy atom. The number of rotatable bonds is 7. The summed E-state index contributed by atoms with van der Waals surface area (Å²) in [7, 11) is 1.66. The molecule has 0 radical (unpaired) electrons. The summed E-state index contributed by atoms with van der Waals surface area (Å²) in [5, 5.41) is 3.34. The number of nitrogens with zero attached hydrogens (tertiary/aromatic N) is 1. The third-order valence-electron chi connectivity index (χ3n) is 2.95. The quantitative estimate of drug-likeness (QED) is 0.567. The Labute approximate surface area is 127 Å². The summed E-state index contributed by atoms with van der Waals surface area (Å²) in [6.45, 7) is 9.78. The van der Waals surface area contributed by atoms with Crippen LogP contribution in [-0.4, -0.2) is 13.8 Å². The molecule has 0 unspecified atom stereocenters. The zero-order valence-electron chi connectivity index (χ0n) is 13.3. The maximum atomic E-state index is 5.15. The monoisotopic (exact) mass is 284 g/mol. The molecule has 1 rings (SSSR count). The fourth-order valence-electron chi connectivity index (χ4n) is 1.88. The fourth-order valence-corrected chi connectivity index (χ4v) is 1.88. The molecule has 3 heteroatoms. The molecule has 1 aromatic rings. The van der Waals surface area contributed by atoms with Gasteiger partial charge in [-0.3, -0.25) is 4.99 Å². The molecule has 1 aromatic carbocycles. The van der Waals surface area contributed by atoms with Crippen LogP contribution in [0.25, 0.3) is 0 Å². The number of anilines is 1. The lowest BCUT2D eigenvalue weighted by atomic mass is 10.2. The van der Waals surface area contributed by atoms with Gasteiger partial charge in [0, 0.05) is 11.4 Å². The van der Waals surface area contributed by atoms with Crippen LogP contribution in [0.1, 0.15) is 27.2 Å². The van der Waals surface area contributed by atoms with E-state index in [-0.39, 0.29) is 0 Å². The lowest BCUT2D eigenvalue weighted by Crippen LogP contribution is -1.96. The Kier molecular flexibility index (Phi) is 7.02. The summed E-state index contributed by atoms with van der Waals surface area (Å²) < 4.78 is 5.15. The van der Waals surface area contributed by atoms with Gasteiger partial charge >= 0.3 is 0 Å². The van der Waals surface area contributed by atoms with Crippen molar-refractivity contribution in [2.45, 2.75) is 27.2 Å². The van der Waals surface area contributed by atoms with Crippen molar-refractivity contribution < 1.29 is 4.74 Å². The van der Waals surface area contributed by atoms with Gasteiger partial charge in [0.15, 0.2) is 0 Å². The minimum absolute atomic E-state index is 0.848. The summed E-state index contributed by atoms with van der Waals surface area (Å²) in [5.41, 5.74) is 4.04. The van der Waals surface area contributed by atoms with Crippen molar-refractivity contribution in [3.63, 3.8) is 0 Å². The van der Waals surface area contributed by atoms with Gasteiger partial charge in [-0.1, -0.05) is 13.0 Å². The van der Waals surface area contributed by atoms with Gasteiger partial charge in [0.2, 0.25) is 0 Å². The molecule has 21 heavy (non-hydrogen) atoms. The van der Waals surface area contributed by atoms with E-state index < -0.39 is 0 Å². The van der Waals surface area contributed by atoms with Gasteiger partial charge in [-0.15, -0.1) is 0 Å². The minimum Gasteiger partial charge on any atom is -0.497 e. The van der Waals surface area contributed by atoms with Crippen LogP contribution in [0.4, 0.5) is 5.69 Å². The topological polar surface area (TPSA) is 33.6 Å². The second-order valence-corrected chi connectivity index (χ2v) is 4.72. The first kappa shape index (κ1) is 16.8. The molecule has 0 bridgehead atoms. The normalized spacial score (nSPS) is 13.0. The van der Waals surface area contributed by atoms with Crippen LogP contribution >= 0.6 is 0 Å². The molecule has 0 fully saturated rings. The van der Waals surface area contributed by atoms with Crippen molar-refractivity contribution in [2.24, 2.45) is 4.99 Å². The van der Waals surface area contributed by atoms with Crippen molar-refractivity contribution in [2.75, 3.05) is 12.4 Å².